The van der Waals surface area contributed by atoms with Gasteiger partial charge < -0.3 is 19.7 Å². The Morgan fingerprint density at radius 2 is 1.85 bits per heavy atom. The summed E-state index contributed by atoms with van der Waals surface area (Å²) in [6, 6.07) is 22.1. The van der Waals surface area contributed by atoms with E-state index in [0.717, 1.165) is 34.2 Å². The van der Waals surface area contributed by atoms with Crippen LogP contribution in [0.4, 0.5) is 10.5 Å². The number of hydrogen-bond acceptors (Lipinski definition) is 5. The molecule has 0 radical (unpaired) electrons. The predicted molar refractivity (Wildman–Crippen MR) is 129 cm³/mol. The molecule has 3 aromatic carbocycles. The average Bonchev–Trinajstić information content (AvgIpc) is 3.25. The van der Waals surface area contributed by atoms with Gasteiger partial charge in [0.1, 0.15) is 17.5 Å². The van der Waals surface area contributed by atoms with E-state index >= 15 is 0 Å². The highest BCUT2D eigenvalue weighted by molar-refractivity contribution is 5.84. The van der Waals surface area contributed by atoms with Crippen LogP contribution in [0.25, 0.3) is 10.8 Å². The van der Waals surface area contributed by atoms with Gasteiger partial charge in [0.2, 0.25) is 0 Å². The van der Waals surface area contributed by atoms with E-state index in [1.807, 2.05) is 63.2 Å². The molecule has 0 unspecified atom stereocenters. The number of nitriles is 1. The predicted octanol–water partition coefficient (Wildman–Crippen LogP) is 5.71. The van der Waals surface area contributed by atoms with Crippen LogP contribution in [-0.4, -0.2) is 35.8 Å². The van der Waals surface area contributed by atoms with E-state index in [1.165, 1.54) is 0 Å². The summed E-state index contributed by atoms with van der Waals surface area (Å²) < 4.78 is 11.5. The van der Waals surface area contributed by atoms with E-state index in [4.69, 9.17) is 14.7 Å². The molecule has 1 saturated heterocycles. The van der Waals surface area contributed by atoms with Crippen LogP contribution in [0.5, 0.6) is 5.75 Å². The molecule has 0 spiro atoms. The number of carbonyl (C=O) groups is 1. The number of carbonyl (C=O) groups excluding carboxylic acids is 1. The zero-order valence-electron chi connectivity index (χ0n) is 19.3. The number of fused-ring (bicyclic) bond motifs is 1. The van der Waals surface area contributed by atoms with Crippen molar-refractivity contribution in [1.29, 1.82) is 5.26 Å². The fourth-order valence-corrected chi connectivity index (χ4v) is 3.84. The molecule has 0 bridgehead atoms. The van der Waals surface area contributed by atoms with E-state index in [2.05, 4.69) is 29.6 Å². The summed E-state index contributed by atoms with van der Waals surface area (Å²) in [5.74, 6) is 0.784. The number of ether oxygens (including phenoxy) is 2. The second-order valence-corrected chi connectivity index (χ2v) is 9.34. The Morgan fingerprint density at radius 1 is 1.09 bits per heavy atom. The van der Waals surface area contributed by atoms with Gasteiger partial charge in [-0.3, -0.25) is 0 Å². The van der Waals surface area contributed by atoms with Gasteiger partial charge in [-0.05, 0) is 79.6 Å². The highest BCUT2D eigenvalue weighted by Crippen LogP contribution is 2.23. The van der Waals surface area contributed by atoms with Crippen molar-refractivity contribution in [1.82, 2.24) is 4.90 Å². The van der Waals surface area contributed by atoms with E-state index in [1.54, 1.807) is 4.90 Å². The molecule has 1 amide bonds. The van der Waals surface area contributed by atoms with Crippen molar-refractivity contribution in [3.05, 3.63) is 71.8 Å². The minimum atomic E-state index is -0.495. The topological polar surface area (TPSA) is 74.6 Å². The van der Waals surface area contributed by atoms with Crippen LogP contribution >= 0.6 is 0 Å². The fourth-order valence-electron chi connectivity index (χ4n) is 3.84. The molecule has 0 aromatic heterocycles. The standard InChI is InChI=1S/C27H29N3O3/c1-27(2,3)33-26(31)30-13-12-25(18-30)32-24-10-8-23(9-11-24)29-17-20-5-7-21-6-4-19(16-28)14-22(21)15-20/h4-11,14-15,25,29H,12-13,17-18H2,1-3H3/t25-/m0/s1. The van der Waals surface area contributed by atoms with Crippen molar-refractivity contribution < 1.29 is 14.3 Å². The van der Waals surface area contributed by atoms with Crippen molar-refractivity contribution in [2.45, 2.75) is 45.4 Å². The molecule has 6 nitrogen and oxygen atoms in total. The van der Waals surface area contributed by atoms with Gasteiger partial charge in [0.25, 0.3) is 0 Å². The maximum atomic E-state index is 12.2. The van der Waals surface area contributed by atoms with Crippen LogP contribution in [0.1, 0.15) is 38.3 Å². The lowest BCUT2D eigenvalue weighted by atomic mass is 10.0. The molecule has 6 heteroatoms. The Morgan fingerprint density at radius 3 is 2.58 bits per heavy atom. The summed E-state index contributed by atoms with van der Waals surface area (Å²) in [6.07, 6.45) is 0.465. The Balaban J connectivity index is 1.30. The van der Waals surface area contributed by atoms with Crippen molar-refractivity contribution in [2.24, 2.45) is 0 Å². The van der Waals surface area contributed by atoms with Crippen molar-refractivity contribution in [3.8, 4) is 11.8 Å². The van der Waals surface area contributed by atoms with Gasteiger partial charge in [-0.2, -0.15) is 5.26 Å². The second kappa shape index (κ2) is 9.41. The molecule has 4 rings (SSSR count). The minimum Gasteiger partial charge on any atom is -0.489 e. The average molecular weight is 444 g/mol. The molecular formula is C27H29N3O3. The number of hydrogen-bond donors (Lipinski definition) is 1. The lowest BCUT2D eigenvalue weighted by molar-refractivity contribution is 0.0275. The number of rotatable bonds is 5. The Labute approximate surface area is 194 Å². The van der Waals surface area contributed by atoms with E-state index < -0.39 is 5.60 Å². The van der Waals surface area contributed by atoms with Crippen LogP contribution in [0, 0.1) is 11.3 Å². The quantitative estimate of drug-likeness (QED) is 0.547. The lowest BCUT2D eigenvalue weighted by Crippen LogP contribution is -2.36. The van der Waals surface area contributed by atoms with Gasteiger partial charge in [0.15, 0.2) is 0 Å². The maximum absolute atomic E-state index is 12.2. The molecule has 0 saturated carbocycles. The first-order valence-electron chi connectivity index (χ1n) is 11.2. The first-order valence-corrected chi connectivity index (χ1v) is 11.2. The Bertz CT molecular complexity index is 1180. The number of amides is 1. The molecule has 1 aliphatic rings. The molecule has 3 aromatic rings. The monoisotopic (exact) mass is 443 g/mol. The second-order valence-electron chi connectivity index (χ2n) is 9.34. The molecule has 170 valence electrons. The molecule has 1 fully saturated rings. The van der Waals surface area contributed by atoms with Gasteiger partial charge in [-0.1, -0.05) is 18.2 Å². The smallest absolute Gasteiger partial charge is 0.410 e. The van der Waals surface area contributed by atoms with Crippen LogP contribution in [0.2, 0.25) is 0 Å². The highest BCUT2D eigenvalue weighted by Gasteiger charge is 2.30. The molecular weight excluding hydrogens is 414 g/mol. The van der Waals surface area contributed by atoms with E-state index in [0.29, 0.717) is 25.2 Å². The summed E-state index contributed by atoms with van der Waals surface area (Å²) in [7, 11) is 0. The lowest BCUT2D eigenvalue weighted by Gasteiger charge is -2.24. The van der Waals surface area contributed by atoms with Crippen LogP contribution in [-0.2, 0) is 11.3 Å². The highest BCUT2D eigenvalue weighted by atomic mass is 16.6. The van der Waals surface area contributed by atoms with Gasteiger partial charge in [0, 0.05) is 25.2 Å². The third-order valence-electron chi connectivity index (χ3n) is 5.48. The third-order valence-corrected chi connectivity index (χ3v) is 5.48. The zero-order valence-corrected chi connectivity index (χ0v) is 19.3. The molecule has 33 heavy (non-hydrogen) atoms. The summed E-state index contributed by atoms with van der Waals surface area (Å²) in [5.41, 5.74) is 2.31. The van der Waals surface area contributed by atoms with E-state index in [9.17, 15) is 4.79 Å². The largest absolute Gasteiger partial charge is 0.489 e. The van der Waals surface area contributed by atoms with Gasteiger partial charge >= 0.3 is 6.09 Å². The van der Waals surface area contributed by atoms with Crippen molar-refractivity contribution in [3.63, 3.8) is 0 Å². The summed E-state index contributed by atoms with van der Waals surface area (Å²) >= 11 is 0. The molecule has 1 atom stereocenters. The summed E-state index contributed by atoms with van der Waals surface area (Å²) in [5, 5.41) is 14.7. The maximum Gasteiger partial charge on any atom is 0.410 e. The number of benzene rings is 3. The molecule has 0 aliphatic carbocycles. The summed E-state index contributed by atoms with van der Waals surface area (Å²) in [4.78, 5) is 13.9. The SMILES string of the molecule is CC(C)(C)OC(=O)N1CC[C@H](Oc2ccc(NCc3ccc4ccc(C#N)cc4c3)cc2)C1. The third kappa shape index (κ3) is 5.95. The van der Waals surface area contributed by atoms with Gasteiger partial charge in [-0.25, -0.2) is 4.79 Å². The van der Waals surface area contributed by atoms with Gasteiger partial charge in [0.05, 0.1) is 18.2 Å². The Kier molecular flexibility index (Phi) is 6.41. The number of nitrogens with zero attached hydrogens (tertiary/aromatic N) is 2. The van der Waals surface area contributed by atoms with Crippen molar-refractivity contribution in [2.75, 3.05) is 18.4 Å². The first-order chi connectivity index (χ1) is 15.8. The number of likely N-dealkylation sites (tertiary alicyclic amines) is 1. The summed E-state index contributed by atoms with van der Waals surface area (Å²) in [6.45, 7) is 7.46. The first kappa shape index (κ1) is 22.5. The van der Waals surface area contributed by atoms with E-state index in [-0.39, 0.29) is 12.2 Å². The zero-order chi connectivity index (χ0) is 23.4. The van der Waals surface area contributed by atoms with Crippen LogP contribution < -0.4 is 10.1 Å². The van der Waals surface area contributed by atoms with Crippen molar-refractivity contribution >= 4 is 22.6 Å². The van der Waals surface area contributed by atoms with Crippen LogP contribution in [0.3, 0.4) is 0 Å². The normalized spacial score (nSPS) is 15.8. The Hall–Kier alpha value is -3.72. The molecule has 1 aliphatic heterocycles. The van der Waals surface area contributed by atoms with Crippen LogP contribution in [0.15, 0.2) is 60.7 Å². The molecule has 1 heterocycles. The number of anilines is 1. The molecule has 1 N–H and O–H groups in total. The van der Waals surface area contributed by atoms with Gasteiger partial charge in [-0.15, -0.1) is 0 Å². The number of nitrogens with one attached hydrogen (secondary N) is 1. The fraction of sp³-hybridized carbons (Fsp3) is 0.333. The minimum absolute atomic E-state index is 0.0350.